The highest BCUT2D eigenvalue weighted by atomic mass is 16.3. The third kappa shape index (κ3) is 9.45. The molecule has 0 fully saturated rings. The molecule has 0 aliphatic carbocycles. The van der Waals surface area contributed by atoms with Gasteiger partial charge in [-0.1, -0.05) is 44.0 Å². The van der Waals surface area contributed by atoms with Crippen molar-refractivity contribution in [1.29, 1.82) is 0 Å². The monoisotopic (exact) mass is 335 g/mol. The van der Waals surface area contributed by atoms with Gasteiger partial charge in [0.1, 0.15) is 0 Å². The second-order valence-corrected chi connectivity index (χ2v) is 5.83. The topological polar surface area (TPSA) is 55.8 Å². The molecule has 0 heterocycles. The summed E-state index contributed by atoms with van der Waals surface area (Å²) in [6, 6.07) is 0. The van der Waals surface area contributed by atoms with E-state index >= 15 is 0 Å². The summed E-state index contributed by atoms with van der Waals surface area (Å²) in [6.07, 6.45) is 3.61. The molecular weight excluding hydrogens is 302 g/mol. The van der Waals surface area contributed by atoms with Crippen LogP contribution in [0.4, 0.5) is 0 Å². The van der Waals surface area contributed by atoms with Gasteiger partial charge in [0, 0.05) is 32.7 Å². The van der Waals surface area contributed by atoms with Crippen molar-refractivity contribution in [2.75, 3.05) is 46.3 Å². The maximum absolute atomic E-state index is 12.0. The van der Waals surface area contributed by atoms with Crippen LogP contribution in [0.1, 0.15) is 13.3 Å². The van der Waals surface area contributed by atoms with E-state index in [2.05, 4.69) is 36.5 Å². The minimum absolute atomic E-state index is 0.0128. The number of rotatable bonds is 14. The highest BCUT2D eigenvalue weighted by molar-refractivity contribution is 5.78. The maximum atomic E-state index is 12.0. The van der Waals surface area contributed by atoms with Gasteiger partial charge in [-0.2, -0.15) is 0 Å². The van der Waals surface area contributed by atoms with Gasteiger partial charge in [-0.05, 0) is 26.0 Å². The van der Waals surface area contributed by atoms with E-state index in [0.717, 1.165) is 24.1 Å². The van der Waals surface area contributed by atoms with E-state index in [1.165, 1.54) is 0 Å². The zero-order chi connectivity index (χ0) is 18.5. The minimum Gasteiger partial charge on any atom is -0.390 e. The molecule has 1 amide bonds. The van der Waals surface area contributed by atoms with Crippen molar-refractivity contribution in [1.82, 2.24) is 15.1 Å². The number of amides is 1. The lowest BCUT2D eigenvalue weighted by Gasteiger charge is -2.29. The van der Waals surface area contributed by atoms with Gasteiger partial charge in [0.15, 0.2) is 0 Å². The van der Waals surface area contributed by atoms with Crippen LogP contribution < -0.4 is 5.32 Å². The van der Waals surface area contributed by atoms with Crippen LogP contribution in [0.5, 0.6) is 0 Å². The number of carbonyl (C=O) groups excluding carboxylic acids is 1. The Morgan fingerprint density at radius 3 is 2.33 bits per heavy atom. The van der Waals surface area contributed by atoms with E-state index in [1.54, 1.807) is 24.1 Å². The number of nitrogens with one attached hydrogen (secondary N) is 1. The number of allylic oxidation sites excluding steroid dienone is 1. The van der Waals surface area contributed by atoms with Crippen LogP contribution in [0.25, 0.3) is 0 Å². The minimum atomic E-state index is -0.625. The van der Waals surface area contributed by atoms with Gasteiger partial charge in [-0.3, -0.25) is 9.69 Å². The summed E-state index contributed by atoms with van der Waals surface area (Å²) in [7, 11) is 1.73. The molecule has 0 spiro atoms. The third-order valence-electron chi connectivity index (χ3n) is 3.72. The lowest BCUT2D eigenvalue weighted by atomic mass is 10.1. The number of likely N-dealkylation sites (N-methyl/N-ethyl adjacent to an activating group) is 2. The highest BCUT2D eigenvalue weighted by Crippen LogP contribution is 2.07. The Balaban J connectivity index is 4.69. The summed E-state index contributed by atoms with van der Waals surface area (Å²) in [5, 5.41) is 13.2. The van der Waals surface area contributed by atoms with E-state index in [4.69, 9.17) is 0 Å². The average Bonchev–Trinajstić information content (AvgIpc) is 2.56. The molecule has 0 aromatic rings. The van der Waals surface area contributed by atoms with E-state index in [-0.39, 0.29) is 12.5 Å². The van der Waals surface area contributed by atoms with Crippen LogP contribution in [0.3, 0.4) is 0 Å². The maximum Gasteiger partial charge on any atom is 0.236 e. The van der Waals surface area contributed by atoms with Crippen molar-refractivity contribution >= 4 is 5.91 Å². The zero-order valence-corrected chi connectivity index (χ0v) is 15.3. The first-order valence-electron chi connectivity index (χ1n) is 8.31. The summed E-state index contributed by atoms with van der Waals surface area (Å²) < 4.78 is 0. The predicted octanol–water partition coefficient (Wildman–Crippen LogP) is 1.59. The van der Waals surface area contributed by atoms with E-state index in [0.29, 0.717) is 26.2 Å². The lowest BCUT2D eigenvalue weighted by molar-refractivity contribution is -0.131. The normalized spacial score (nSPS) is 11.8. The number of hydrogen-bond donors (Lipinski definition) is 2. The fraction of sp³-hybridized carbons (Fsp3) is 0.526. The first-order chi connectivity index (χ1) is 11.4. The van der Waals surface area contributed by atoms with Gasteiger partial charge in [0.25, 0.3) is 0 Å². The number of nitrogens with zero attached hydrogens (tertiary/aromatic N) is 2. The molecule has 1 unspecified atom stereocenters. The van der Waals surface area contributed by atoms with Crippen molar-refractivity contribution in [3.63, 3.8) is 0 Å². The van der Waals surface area contributed by atoms with E-state index in [1.807, 2.05) is 6.92 Å². The van der Waals surface area contributed by atoms with Crippen LogP contribution in [0.2, 0.25) is 0 Å². The first kappa shape index (κ1) is 22.3. The van der Waals surface area contributed by atoms with Crippen molar-refractivity contribution < 1.29 is 9.90 Å². The Labute approximate surface area is 147 Å². The first-order valence-corrected chi connectivity index (χ1v) is 8.31. The molecule has 0 aromatic heterocycles. The van der Waals surface area contributed by atoms with Crippen molar-refractivity contribution in [3.8, 4) is 0 Å². The molecular formula is C19H33N3O2. The van der Waals surface area contributed by atoms with Crippen molar-refractivity contribution in [2.45, 2.75) is 19.4 Å². The smallest absolute Gasteiger partial charge is 0.236 e. The Morgan fingerprint density at radius 2 is 1.83 bits per heavy atom. The fourth-order valence-corrected chi connectivity index (χ4v) is 2.27. The SMILES string of the molecule is C=CC(=C)CCN(CC(=C)C=C)CC(O)CN(CC)C(=O)CNC. The van der Waals surface area contributed by atoms with Gasteiger partial charge in [0.05, 0.1) is 12.6 Å². The van der Waals surface area contributed by atoms with Gasteiger partial charge in [0.2, 0.25) is 5.91 Å². The molecule has 0 aliphatic rings. The van der Waals surface area contributed by atoms with Crippen molar-refractivity contribution in [2.24, 2.45) is 0 Å². The molecule has 2 N–H and O–H groups in total. The van der Waals surface area contributed by atoms with Crippen LogP contribution in [0.15, 0.2) is 49.6 Å². The number of aliphatic hydroxyl groups excluding tert-OH is 1. The summed E-state index contributed by atoms with van der Waals surface area (Å²) >= 11 is 0. The molecule has 0 rings (SSSR count). The fourth-order valence-electron chi connectivity index (χ4n) is 2.27. The standard InChI is InChI=1S/C19H33N3O2/c1-7-16(4)10-11-21(13-17(5)8-2)14-18(23)15-22(9-3)19(24)12-20-6/h7-8,18,20,23H,1-2,4-5,9-15H2,3,6H3. The summed E-state index contributed by atoms with van der Waals surface area (Å²) in [5.74, 6) is -0.0128. The molecule has 0 saturated heterocycles. The zero-order valence-electron chi connectivity index (χ0n) is 15.3. The number of aliphatic hydroxyl groups is 1. The Kier molecular flexibility index (Phi) is 11.8. The van der Waals surface area contributed by atoms with Gasteiger partial charge >= 0.3 is 0 Å². The van der Waals surface area contributed by atoms with Crippen LogP contribution in [0, 0.1) is 0 Å². The number of carbonyl (C=O) groups is 1. The van der Waals surface area contributed by atoms with E-state index in [9.17, 15) is 9.90 Å². The molecule has 0 radical (unpaired) electrons. The molecule has 24 heavy (non-hydrogen) atoms. The molecule has 0 saturated carbocycles. The van der Waals surface area contributed by atoms with Crippen molar-refractivity contribution in [3.05, 3.63) is 49.6 Å². The highest BCUT2D eigenvalue weighted by Gasteiger charge is 2.18. The van der Waals surface area contributed by atoms with E-state index < -0.39 is 6.10 Å². The largest absolute Gasteiger partial charge is 0.390 e. The Morgan fingerprint density at radius 1 is 1.21 bits per heavy atom. The molecule has 1 atom stereocenters. The Bertz CT molecular complexity index is 446. The van der Waals surface area contributed by atoms with Crippen LogP contribution >= 0.6 is 0 Å². The molecule has 0 bridgehead atoms. The molecule has 0 aliphatic heterocycles. The second-order valence-electron chi connectivity index (χ2n) is 5.83. The molecule has 5 nitrogen and oxygen atoms in total. The summed E-state index contributed by atoms with van der Waals surface area (Å²) in [5.41, 5.74) is 1.85. The lowest BCUT2D eigenvalue weighted by Crippen LogP contribution is -2.45. The summed E-state index contributed by atoms with van der Waals surface area (Å²) in [6.45, 7) is 20.2. The van der Waals surface area contributed by atoms with Gasteiger partial charge in [-0.15, -0.1) is 0 Å². The average molecular weight is 335 g/mol. The van der Waals surface area contributed by atoms with Gasteiger partial charge < -0.3 is 15.3 Å². The predicted molar refractivity (Wildman–Crippen MR) is 102 cm³/mol. The Hall–Kier alpha value is -1.69. The van der Waals surface area contributed by atoms with Gasteiger partial charge in [-0.25, -0.2) is 0 Å². The number of hydrogen-bond acceptors (Lipinski definition) is 4. The van der Waals surface area contributed by atoms with Crippen LogP contribution in [-0.4, -0.2) is 73.2 Å². The molecule has 136 valence electrons. The van der Waals surface area contributed by atoms with Crippen LogP contribution in [-0.2, 0) is 4.79 Å². The quantitative estimate of drug-likeness (QED) is 0.473. The molecule has 0 aromatic carbocycles. The third-order valence-corrected chi connectivity index (χ3v) is 3.72. The second kappa shape index (κ2) is 12.7. The summed E-state index contributed by atoms with van der Waals surface area (Å²) in [4.78, 5) is 15.7. The molecule has 5 heteroatoms.